The summed E-state index contributed by atoms with van der Waals surface area (Å²) in [6.07, 6.45) is 14.3. The van der Waals surface area contributed by atoms with Crippen LogP contribution in [0, 0.1) is 5.92 Å². The van der Waals surface area contributed by atoms with Gasteiger partial charge in [0.25, 0.3) is 0 Å². The minimum Gasteiger partial charge on any atom is -0.465 e. The van der Waals surface area contributed by atoms with Crippen LogP contribution >= 0.6 is 0 Å². The summed E-state index contributed by atoms with van der Waals surface area (Å²) in [6, 6.07) is 0. The van der Waals surface area contributed by atoms with Crippen molar-refractivity contribution in [3.05, 3.63) is 0 Å². The van der Waals surface area contributed by atoms with Gasteiger partial charge in [-0.05, 0) is 18.8 Å². The molecular weight excluding hydrogens is 248 g/mol. The van der Waals surface area contributed by atoms with E-state index < -0.39 is 0 Å². The van der Waals surface area contributed by atoms with Crippen LogP contribution in [0.1, 0.15) is 97.8 Å². The highest BCUT2D eigenvalue weighted by Gasteiger charge is 2.07. The average Bonchev–Trinajstić information content (AvgIpc) is 2.44. The lowest BCUT2D eigenvalue weighted by atomic mass is 10.0. The van der Waals surface area contributed by atoms with Gasteiger partial charge in [0.15, 0.2) is 0 Å². The summed E-state index contributed by atoms with van der Waals surface area (Å²) in [5.41, 5.74) is 0. The minimum atomic E-state index is -0.000619. The van der Waals surface area contributed by atoms with Gasteiger partial charge < -0.3 is 4.74 Å². The summed E-state index contributed by atoms with van der Waals surface area (Å²) < 4.78 is 5.35. The predicted octanol–water partition coefficient (Wildman–Crippen LogP) is 5.89. The molecule has 0 aliphatic heterocycles. The van der Waals surface area contributed by atoms with Crippen molar-refractivity contribution in [3.8, 4) is 0 Å². The summed E-state index contributed by atoms with van der Waals surface area (Å²) in [6.45, 7) is 7.25. The fraction of sp³-hybridized carbons (Fsp3) is 0.944. The second-order valence-corrected chi connectivity index (χ2v) is 6.16. The van der Waals surface area contributed by atoms with Gasteiger partial charge in [-0.2, -0.15) is 0 Å². The summed E-state index contributed by atoms with van der Waals surface area (Å²) in [7, 11) is 0. The number of carbonyl (C=O) groups excluding carboxylic acids is 1. The van der Waals surface area contributed by atoms with E-state index in [9.17, 15) is 4.79 Å². The maximum atomic E-state index is 11.6. The molecule has 0 aromatic heterocycles. The highest BCUT2D eigenvalue weighted by atomic mass is 16.5. The molecule has 20 heavy (non-hydrogen) atoms. The van der Waals surface area contributed by atoms with Crippen LogP contribution in [0.15, 0.2) is 0 Å². The number of hydrogen-bond acceptors (Lipinski definition) is 2. The largest absolute Gasteiger partial charge is 0.465 e. The SMILES string of the molecule is CCCCCCCC(=O)OCC(C)CCCCCCC. The van der Waals surface area contributed by atoms with Gasteiger partial charge in [0.2, 0.25) is 0 Å². The van der Waals surface area contributed by atoms with E-state index in [1.54, 1.807) is 0 Å². The van der Waals surface area contributed by atoms with Crippen molar-refractivity contribution < 1.29 is 9.53 Å². The molecular formula is C18H36O2. The molecule has 0 amide bonds. The summed E-state index contributed by atoms with van der Waals surface area (Å²) in [5.74, 6) is 0.514. The number of unbranched alkanes of at least 4 members (excludes halogenated alkanes) is 8. The molecule has 0 saturated carbocycles. The average molecular weight is 284 g/mol. The Bertz CT molecular complexity index is 213. The molecule has 0 fully saturated rings. The lowest BCUT2D eigenvalue weighted by molar-refractivity contribution is -0.145. The summed E-state index contributed by atoms with van der Waals surface area (Å²) in [5, 5.41) is 0. The van der Waals surface area contributed by atoms with E-state index in [1.807, 2.05) is 0 Å². The van der Waals surface area contributed by atoms with Crippen LogP contribution in [0.5, 0.6) is 0 Å². The lowest BCUT2D eigenvalue weighted by Crippen LogP contribution is -2.11. The van der Waals surface area contributed by atoms with Crippen molar-refractivity contribution >= 4 is 5.97 Å². The second-order valence-electron chi connectivity index (χ2n) is 6.16. The van der Waals surface area contributed by atoms with E-state index in [-0.39, 0.29) is 5.97 Å². The Hall–Kier alpha value is -0.530. The van der Waals surface area contributed by atoms with Gasteiger partial charge in [-0.25, -0.2) is 0 Å². The number of esters is 1. The molecule has 0 N–H and O–H groups in total. The third kappa shape index (κ3) is 13.9. The van der Waals surface area contributed by atoms with E-state index >= 15 is 0 Å². The van der Waals surface area contributed by atoms with Crippen molar-refractivity contribution in [2.75, 3.05) is 6.61 Å². The maximum Gasteiger partial charge on any atom is 0.305 e. The Morgan fingerprint density at radius 3 is 2.00 bits per heavy atom. The smallest absolute Gasteiger partial charge is 0.305 e. The molecule has 2 nitrogen and oxygen atoms in total. The number of hydrogen-bond donors (Lipinski definition) is 0. The van der Waals surface area contributed by atoms with Gasteiger partial charge in [0, 0.05) is 6.42 Å². The van der Waals surface area contributed by atoms with Crippen molar-refractivity contribution in [2.24, 2.45) is 5.92 Å². The number of carbonyl (C=O) groups is 1. The molecule has 0 aromatic carbocycles. The normalized spacial score (nSPS) is 12.3. The van der Waals surface area contributed by atoms with Gasteiger partial charge in [-0.1, -0.05) is 78.6 Å². The highest BCUT2D eigenvalue weighted by Crippen LogP contribution is 2.12. The second kappa shape index (κ2) is 14.9. The zero-order chi connectivity index (χ0) is 15.1. The zero-order valence-corrected chi connectivity index (χ0v) is 14.1. The monoisotopic (exact) mass is 284 g/mol. The summed E-state index contributed by atoms with van der Waals surface area (Å²) >= 11 is 0. The molecule has 1 atom stereocenters. The third-order valence-corrected chi connectivity index (χ3v) is 3.81. The standard InChI is InChI=1S/C18H36O2/c1-4-6-8-10-12-14-17(3)16-20-18(19)15-13-11-9-7-5-2/h17H,4-16H2,1-3H3. The van der Waals surface area contributed by atoms with E-state index in [0.29, 0.717) is 18.9 Å². The van der Waals surface area contributed by atoms with Gasteiger partial charge in [0.05, 0.1) is 6.61 Å². The van der Waals surface area contributed by atoms with E-state index in [0.717, 1.165) is 12.8 Å². The third-order valence-electron chi connectivity index (χ3n) is 3.81. The quantitative estimate of drug-likeness (QED) is 0.294. The predicted molar refractivity (Wildman–Crippen MR) is 86.9 cm³/mol. The Kier molecular flexibility index (Phi) is 14.5. The molecule has 0 aromatic rings. The van der Waals surface area contributed by atoms with E-state index in [2.05, 4.69) is 20.8 Å². The molecule has 2 heteroatoms. The van der Waals surface area contributed by atoms with Gasteiger partial charge in [-0.15, -0.1) is 0 Å². The Labute approximate surface area is 126 Å². The molecule has 0 bridgehead atoms. The molecule has 0 saturated heterocycles. The highest BCUT2D eigenvalue weighted by molar-refractivity contribution is 5.69. The van der Waals surface area contributed by atoms with Crippen LogP contribution < -0.4 is 0 Å². The fourth-order valence-electron chi connectivity index (χ4n) is 2.36. The Morgan fingerprint density at radius 2 is 1.40 bits per heavy atom. The first-order valence-electron chi connectivity index (χ1n) is 8.86. The first-order chi connectivity index (χ1) is 9.70. The van der Waals surface area contributed by atoms with Gasteiger partial charge in [-0.3, -0.25) is 4.79 Å². The zero-order valence-electron chi connectivity index (χ0n) is 14.1. The van der Waals surface area contributed by atoms with Crippen LogP contribution in [0.4, 0.5) is 0 Å². The Morgan fingerprint density at radius 1 is 0.850 bits per heavy atom. The molecule has 0 aliphatic rings. The van der Waals surface area contributed by atoms with Crippen LogP contribution in [0.3, 0.4) is 0 Å². The van der Waals surface area contributed by atoms with Gasteiger partial charge >= 0.3 is 5.97 Å². The topological polar surface area (TPSA) is 26.3 Å². The number of rotatable bonds is 14. The van der Waals surface area contributed by atoms with E-state index in [4.69, 9.17) is 4.74 Å². The molecule has 0 rings (SSSR count). The van der Waals surface area contributed by atoms with Crippen LogP contribution in [0.2, 0.25) is 0 Å². The summed E-state index contributed by atoms with van der Waals surface area (Å²) in [4.78, 5) is 11.6. The van der Waals surface area contributed by atoms with Crippen LogP contribution in [-0.2, 0) is 9.53 Å². The maximum absolute atomic E-state index is 11.6. The van der Waals surface area contributed by atoms with Crippen molar-refractivity contribution in [1.29, 1.82) is 0 Å². The van der Waals surface area contributed by atoms with Crippen molar-refractivity contribution in [3.63, 3.8) is 0 Å². The fourth-order valence-corrected chi connectivity index (χ4v) is 2.36. The van der Waals surface area contributed by atoms with Crippen LogP contribution in [0.25, 0.3) is 0 Å². The Balaban J connectivity index is 3.34. The molecule has 120 valence electrons. The molecule has 1 unspecified atom stereocenters. The molecule has 0 aliphatic carbocycles. The van der Waals surface area contributed by atoms with Crippen LogP contribution in [-0.4, -0.2) is 12.6 Å². The van der Waals surface area contributed by atoms with E-state index in [1.165, 1.54) is 57.8 Å². The van der Waals surface area contributed by atoms with Crippen molar-refractivity contribution in [1.82, 2.24) is 0 Å². The molecule has 0 radical (unpaired) electrons. The first-order valence-corrected chi connectivity index (χ1v) is 8.86. The number of ether oxygens (including phenoxy) is 1. The van der Waals surface area contributed by atoms with Crippen molar-refractivity contribution in [2.45, 2.75) is 97.8 Å². The van der Waals surface area contributed by atoms with Gasteiger partial charge in [0.1, 0.15) is 0 Å². The minimum absolute atomic E-state index is 0.000619. The lowest BCUT2D eigenvalue weighted by Gasteiger charge is -2.12. The molecule has 0 heterocycles. The first kappa shape index (κ1) is 19.5. The molecule has 0 spiro atoms.